The Kier molecular flexibility index (Phi) is 2.62. The molecular weight excluding hydrogens is 148 g/mol. The maximum absolute atomic E-state index is 10.5. The largest absolute Gasteiger partial charge is 0.458 e. The van der Waals surface area contributed by atoms with Crippen molar-refractivity contribution in [2.24, 2.45) is 5.73 Å². The molecule has 0 radical (unpaired) electrons. The predicted molar refractivity (Wildman–Crippen MR) is 35.4 cm³/mol. The number of aromatic nitrogens is 1. The molecule has 1 aromatic heterocycles. The summed E-state index contributed by atoms with van der Waals surface area (Å²) >= 11 is 0. The van der Waals surface area contributed by atoms with Gasteiger partial charge in [0.15, 0.2) is 0 Å². The molecule has 5 nitrogen and oxygen atoms in total. The topological polar surface area (TPSA) is 78.4 Å². The Labute approximate surface area is 63.1 Å². The summed E-state index contributed by atoms with van der Waals surface area (Å²) in [5.41, 5.74) is 5.57. The van der Waals surface area contributed by atoms with Crippen molar-refractivity contribution in [3.8, 4) is 0 Å². The molecule has 0 bridgehead atoms. The van der Waals surface area contributed by atoms with E-state index in [1.165, 1.54) is 6.26 Å². The third kappa shape index (κ3) is 2.38. The summed E-state index contributed by atoms with van der Waals surface area (Å²) in [6.45, 7) is 0.00435. The van der Waals surface area contributed by atoms with Crippen LogP contribution in [0.1, 0.15) is 5.69 Å². The van der Waals surface area contributed by atoms with Crippen molar-refractivity contribution in [3.63, 3.8) is 0 Å². The minimum atomic E-state index is -0.451. The Hall–Kier alpha value is -1.36. The van der Waals surface area contributed by atoms with E-state index in [2.05, 4.69) is 14.4 Å². The summed E-state index contributed by atoms with van der Waals surface area (Å²) in [5.74, 6) is -0.451. The number of rotatable bonds is 3. The second-order valence-corrected chi connectivity index (χ2v) is 1.86. The Morgan fingerprint density at radius 3 is 3.18 bits per heavy atom. The van der Waals surface area contributed by atoms with E-state index in [1.807, 2.05) is 0 Å². The number of carbonyl (C=O) groups is 1. The van der Waals surface area contributed by atoms with Gasteiger partial charge in [-0.1, -0.05) is 5.16 Å². The first-order valence-electron chi connectivity index (χ1n) is 3.08. The van der Waals surface area contributed by atoms with E-state index in [9.17, 15) is 4.79 Å². The molecule has 0 spiro atoms. The van der Waals surface area contributed by atoms with E-state index in [0.29, 0.717) is 5.69 Å². The molecule has 0 fully saturated rings. The zero-order chi connectivity index (χ0) is 8.10. The zero-order valence-corrected chi connectivity index (χ0v) is 5.82. The average Bonchev–Trinajstić information content (AvgIpc) is 2.52. The van der Waals surface area contributed by atoms with Gasteiger partial charge in [-0.3, -0.25) is 4.79 Å². The van der Waals surface area contributed by atoms with Crippen molar-refractivity contribution in [2.45, 2.75) is 6.61 Å². The van der Waals surface area contributed by atoms with Gasteiger partial charge in [-0.25, -0.2) is 0 Å². The Balaban J connectivity index is 2.29. The monoisotopic (exact) mass is 156 g/mol. The highest BCUT2D eigenvalue weighted by Crippen LogP contribution is 1.96. The summed E-state index contributed by atoms with van der Waals surface area (Å²) in [4.78, 5) is 10.5. The second kappa shape index (κ2) is 3.72. The molecule has 1 heterocycles. The van der Waals surface area contributed by atoms with Crippen LogP contribution in [0.25, 0.3) is 0 Å². The molecule has 11 heavy (non-hydrogen) atoms. The number of ether oxygens (including phenoxy) is 1. The van der Waals surface area contributed by atoms with Gasteiger partial charge in [-0.2, -0.15) is 0 Å². The molecule has 0 aliphatic heterocycles. The van der Waals surface area contributed by atoms with Gasteiger partial charge < -0.3 is 15.0 Å². The van der Waals surface area contributed by atoms with Gasteiger partial charge in [-0.15, -0.1) is 0 Å². The van der Waals surface area contributed by atoms with Gasteiger partial charge >= 0.3 is 5.97 Å². The highest BCUT2D eigenvalue weighted by atomic mass is 16.5. The minimum Gasteiger partial charge on any atom is -0.458 e. The summed E-state index contributed by atoms with van der Waals surface area (Å²) in [6.07, 6.45) is 1.41. The van der Waals surface area contributed by atoms with Gasteiger partial charge in [0, 0.05) is 6.07 Å². The second-order valence-electron chi connectivity index (χ2n) is 1.86. The van der Waals surface area contributed by atoms with Crippen LogP contribution in [0, 0.1) is 0 Å². The van der Waals surface area contributed by atoms with Crippen LogP contribution >= 0.6 is 0 Å². The van der Waals surface area contributed by atoms with Crippen LogP contribution in [0.5, 0.6) is 0 Å². The lowest BCUT2D eigenvalue weighted by atomic mass is 10.5. The SMILES string of the molecule is NCC(=O)OCc1ccon1. The Bertz CT molecular complexity index is 220. The molecule has 60 valence electrons. The maximum Gasteiger partial charge on any atom is 0.320 e. The van der Waals surface area contributed by atoms with E-state index in [1.54, 1.807) is 6.07 Å². The van der Waals surface area contributed by atoms with Crippen molar-refractivity contribution in [1.82, 2.24) is 5.16 Å². The Morgan fingerprint density at radius 1 is 1.82 bits per heavy atom. The zero-order valence-electron chi connectivity index (χ0n) is 5.82. The number of carbonyl (C=O) groups excluding carboxylic acids is 1. The van der Waals surface area contributed by atoms with Crippen LogP contribution in [0.4, 0.5) is 0 Å². The molecule has 0 saturated heterocycles. The van der Waals surface area contributed by atoms with Crippen molar-refractivity contribution < 1.29 is 14.1 Å². The highest BCUT2D eigenvalue weighted by molar-refractivity contribution is 5.71. The standard InChI is InChI=1S/C6H8N2O3/c7-3-6(9)10-4-5-1-2-11-8-5/h1-2H,3-4,7H2. The fraction of sp³-hybridized carbons (Fsp3) is 0.333. The Morgan fingerprint density at radius 2 is 2.64 bits per heavy atom. The fourth-order valence-electron chi connectivity index (χ4n) is 0.525. The van der Waals surface area contributed by atoms with Gasteiger partial charge in [0.1, 0.15) is 18.6 Å². The van der Waals surface area contributed by atoms with Crippen LogP contribution in [0.2, 0.25) is 0 Å². The minimum absolute atomic E-state index is 0.113. The molecule has 1 rings (SSSR count). The molecular formula is C6H8N2O3. The summed E-state index contributed by atoms with van der Waals surface area (Å²) in [7, 11) is 0. The smallest absolute Gasteiger partial charge is 0.320 e. The van der Waals surface area contributed by atoms with E-state index in [4.69, 9.17) is 5.73 Å². The number of esters is 1. The molecule has 1 aromatic rings. The van der Waals surface area contributed by atoms with E-state index >= 15 is 0 Å². The van der Waals surface area contributed by atoms with Crippen LogP contribution in [0.15, 0.2) is 16.9 Å². The fourth-order valence-corrected chi connectivity index (χ4v) is 0.525. The average molecular weight is 156 g/mol. The summed E-state index contributed by atoms with van der Waals surface area (Å²) in [5, 5.41) is 3.53. The van der Waals surface area contributed by atoms with E-state index in [0.717, 1.165) is 0 Å². The summed E-state index contributed by atoms with van der Waals surface area (Å²) in [6, 6.07) is 1.61. The van der Waals surface area contributed by atoms with Gasteiger partial charge in [-0.05, 0) is 0 Å². The van der Waals surface area contributed by atoms with Crippen molar-refractivity contribution in [3.05, 3.63) is 18.0 Å². The van der Waals surface area contributed by atoms with Crippen LogP contribution in [0.3, 0.4) is 0 Å². The van der Waals surface area contributed by atoms with Crippen molar-refractivity contribution in [1.29, 1.82) is 0 Å². The number of nitrogens with zero attached hydrogens (tertiary/aromatic N) is 1. The van der Waals surface area contributed by atoms with Crippen LogP contribution in [-0.4, -0.2) is 17.7 Å². The highest BCUT2D eigenvalue weighted by Gasteiger charge is 2.00. The molecule has 0 aliphatic rings. The predicted octanol–water partition coefficient (Wildman–Crippen LogP) is -0.324. The van der Waals surface area contributed by atoms with Crippen LogP contribution < -0.4 is 5.73 Å². The quantitative estimate of drug-likeness (QED) is 0.606. The maximum atomic E-state index is 10.5. The lowest BCUT2D eigenvalue weighted by Crippen LogP contribution is -2.16. The normalized spacial score (nSPS) is 9.55. The third-order valence-corrected chi connectivity index (χ3v) is 1.04. The molecule has 2 N–H and O–H groups in total. The number of hydrogen-bond acceptors (Lipinski definition) is 5. The van der Waals surface area contributed by atoms with E-state index in [-0.39, 0.29) is 13.2 Å². The van der Waals surface area contributed by atoms with Crippen LogP contribution in [-0.2, 0) is 16.1 Å². The van der Waals surface area contributed by atoms with Gasteiger partial charge in [0.2, 0.25) is 0 Å². The summed E-state index contributed by atoms with van der Waals surface area (Å²) < 4.78 is 9.16. The first-order chi connectivity index (χ1) is 5.33. The lowest BCUT2D eigenvalue weighted by molar-refractivity contribution is -0.143. The molecule has 5 heteroatoms. The van der Waals surface area contributed by atoms with Crippen molar-refractivity contribution in [2.75, 3.05) is 6.54 Å². The first kappa shape index (κ1) is 7.74. The molecule has 0 aliphatic carbocycles. The number of nitrogens with two attached hydrogens (primary N) is 1. The molecule has 0 amide bonds. The van der Waals surface area contributed by atoms with Crippen molar-refractivity contribution >= 4 is 5.97 Å². The molecule has 0 unspecified atom stereocenters. The third-order valence-electron chi connectivity index (χ3n) is 1.04. The first-order valence-corrected chi connectivity index (χ1v) is 3.08. The number of hydrogen-bond donors (Lipinski definition) is 1. The van der Waals surface area contributed by atoms with E-state index < -0.39 is 5.97 Å². The van der Waals surface area contributed by atoms with Gasteiger partial charge in [0.05, 0.1) is 6.54 Å². The lowest BCUT2D eigenvalue weighted by Gasteiger charge is -1.97. The van der Waals surface area contributed by atoms with Gasteiger partial charge in [0.25, 0.3) is 0 Å². The molecule has 0 aromatic carbocycles. The molecule has 0 saturated carbocycles. The molecule has 0 atom stereocenters.